The zero-order chi connectivity index (χ0) is 18.3. The van der Waals surface area contributed by atoms with Crippen molar-refractivity contribution in [2.45, 2.75) is 13.0 Å². The number of benzene rings is 2. The van der Waals surface area contributed by atoms with E-state index < -0.39 is 6.10 Å². The van der Waals surface area contributed by atoms with Crippen molar-refractivity contribution in [3.63, 3.8) is 0 Å². The number of pyridine rings is 1. The number of ether oxygens (including phenoxy) is 1. The van der Waals surface area contributed by atoms with Gasteiger partial charge in [-0.25, -0.2) is 4.98 Å². The minimum atomic E-state index is -0.825. The number of hydrogen-bond donors (Lipinski definition) is 4. The number of aliphatic hydroxyl groups is 2. The second-order valence-electron chi connectivity index (χ2n) is 6.43. The first-order valence-electron chi connectivity index (χ1n) is 8.53. The second kappa shape index (κ2) is 6.48. The van der Waals surface area contributed by atoms with E-state index >= 15 is 0 Å². The van der Waals surface area contributed by atoms with E-state index in [4.69, 9.17) is 9.84 Å². The van der Waals surface area contributed by atoms with Crippen LogP contribution in [0.25, 0.3) is 32.6 Å². The van der Waals surface area contributed by atoms with Crippen molar-refractivity contribution in [2.24, 2.45) is 0 Å². The number of aromatic amines is 1. The lowest BCUT2D eigenvalue weighted by Crippen LogP contribution is -2.23. The first-order chi connectivity index (χ1) is 12.6. The molecule has 0 amide bonds. The van der Waals surface area contributed by atoms with E-state index in [2.05, 4.69) is 28.3 Å². The topological polar surface area (TPSA) is 90.4 Å². The predicted molar refractivity (Wildman–Crippen MR) is 104 cm³/mol. The zero-order valence-electron chi connectivity index (χ0n) is 14.7. The molecule has 0 fully saturated rings. The van der Waals surface area contributed by atoms with Crippen LogP contribution in [0.4, 0.5) is 5.82 Å². The van der Waals surface area contributed by atoms with Gasteiger partial charge in [0.1, 0.15) is 11.6 Å². The van der Waals surface area contributed by atoms with Crippen molar-refractivity contribution in [2.75, 3.05) is 25.6 Å². The van der Waals surface area contributed by atoms with Gasteiger partial charge in [-0.15, -0.1) is 0 Å². The Hall–Kier alpha value is -2.83. The third kappa shape index (κ3) is 2.64. The summed E-state index contributed by atoms with van der Waals surface area (Å²) in [5.74, 6) is 1.50. The fourth-order valence-corrected chi connectivity index (χ4v) is 3.41. The van der Waals surface area contributed by atoms with E-state index in [1.807, 2.05) is 24.3 Å². The molecule has 6 nitrogen and oxygen atoms in total. The fourth-order valence-electron chi connectivity index (χ4n) is 3.41. The molecule has 0 bridgehead atoms. The zero-order valence-corrected chi connectivity index (χ0v) is 14.7. The SMILES string of the molecule is COc1ccc2[nH]c3c(C)c4ccnc(NCC(O)CO)c4cc3c2c1. The van der Waals surface area contributed by atoms with Gasteiger partial charge >= 0.3 is 0 Å². The van der Waals surface area contributed by atoms with Crippen LogP contribution in [0.5, 0.6) is 5.75 Å². The molecule has 4 N–H and O–H groups in total. The molecule has 0 radical (unpaired) electrons. The first-order valence-corrected chi connectivity index (χ1v) is 8.53. The van der Waals surface area contributed by atoms with E-state index in [0.29, 0.717) is 5.82 Å². The Labute approximate surface area is 150 Å². The largest absolute Gasteiger partial charge is 0.497 e. The summed E-state index contributed by atoms with van der Waals surface area (Å²) in [7, 11) is 1.66. The molecule has 4 rings (SSSR count). The van der Waals surface area contributed by atoms with Gasteiger partial charge in [0, 0.05) is 34.4 Å². The standard InChI is InChI=1S/C20H21N3O3/c1-11-14-5-6-21-20(22-9-12(25)10-24)17(14)8-16-15-7-13(26-2)3-4-18(15)23-19(11)16/h3-8,12,23-25H,9-10H2,1-2H3,(H,21,22). The van der Waals surface area contributed by atoms with Crippen LogP contribution in [0.2, 0.25) is 0 Å². The van der Waals surface area contributed by atoms with Gasteiger partial charge < -0.3 is 25.3 Å². The Morgan fingerprint density at radius 1 is 1.15 bits per heavy atom. The molecule has 0 spiro atoms. The quantitative estimate of drug-likeness (QED) is 0.444. The third-order valence-corrected chi connectivity index (χ3v) is 4.82. The Morgan fingerprint density at radius 2 is 2.00 bits per heavy atom. The Balaban J connectivity index is 1.96. The maximum Gasteiger partial charge on any atom is 0.133 e. The van der Waals surface area contributed by atoms with Crippen LogP contribution in [0.15, 0.2) is 36.5 Å². The number of H-pyrrole nitrogens is 1. The summed E-state index contributed by atoms with van der Waals surface area (Å²) in [6, 6.07) is 10.1. The molecular formula is C20H21N3O3. The average molecular weight is 351 g/mol. The van der Waals surface area contributed by atoms with E-state index in [1.165, 1.54) is 0 Å². The number of nitrogens with one attached hydrogen (secondary N) is 2. The molecule has 0 saturated carbocycles. The molecule has 6 heteroatoms. The predicted octanol–water partition coefficient (Wildman–Crippen LogP) is 2.95. The molecule has 134 valence electrons. The molecular weight excluding hydrogens is 330 g/mol. The molecule has 2 aromatic carbocycles. The third-order valence-electron chi connectivity index (χ3n) is 4.82. The number of aliphatic hydroxyl groups excluding tert-OH is 2. The minimum absolute atomic E-state index is 0.238. The maximum atomic E-state index is 9.62. The number of nitrogens with zero attached hydrogens (tertiary/aromatic N) is 1. The van der Waals surface area contributed by atoms with Gasteiger partial charge in [-0.1, -0.05) is 0 Å². The van der Waals surface area contributed by atoms with E-state index in [0.717, 1.165) is 43.9 Å². The molecule has 26 heavy (non-hydrogen) atoms. The van der Waals surface area contributed by atoms with Crippen LogP contribution in [-0.4, -0.2) is 46.5 Å². The van der Waals surface area contributed by atoms with Crippen LogP contribution >= 0.6 is 0 Å². The lowest BCUT2D eigenvalue weighted by molar-refractivity contribution is 0.105. The van der Waals surface area contributed by atoms with Crippen molar-refractivity contribution in [3.8, 4) is 5.75 Å². The lowest BCUT2D eigenvalue weighted by Gasteiger charge is -2.13. The molecule has 1 unspecified atom stereocenters. The molecule has 1 atom stereocenters. The number of methoxy groups -OCH3 is 1. The van der Waals surface area contributed by atoms with Crippen LogP contribution in [0.1, 0.15) is 5.56 Å². The highest BCUT2D eigenvalue weighted by Gasteiger charge is 2.14. The van der Waals surface area contributed by atoms with Gasteiger partial charge in [-0.05, 0) is 48.2 Å². The summed E-state index contributed by atoms with van der Waals surface area (Å²) in [6.07, 6.45) is 0.926. The van der Waals surface area contributed by atoms with Gasteiger partial charge in [0.25, 0.3) is 0 Å². The number of aromatic nitrogens is 2. The number of hydrogen-bond acceptors (Lipinski definition) is 5. The Kier molecular flexibility index (Phi) is 4.14. The fraction of sp³-hybridized carbons (Fsp3) is 0.250. The molecule has 2 aromatic heterocycles. The van der Waals surface area contributed by atoms with E-state index in [-0.39, 0.29) is 13.2 Å². The summed E-state index contributed by atoms with van der Waals surface area (Å²) >= 11 is 0. The van der Waals surface area contributed by atoms with Crippen molar-refractivity contribution in [3.05, 3.63) is 42.1 Å². The summed E-state index contributed by atoms with van der Waals surface area (Å²) in [5, 5.41) is 26.0. The molecule has 2 heterocycles. The number of rotatable bonds is 5. The van der Waals surface area contributed by atoms with E-state index in [9.17, 15) is 5.11 Å². The first kappa shape index (κ1) is 16.6. The average Bonchev–Trinajstić information content (AvgIpc) is 3.04. The summed E-state index contributed by atoms with van der Waals surface area (Å²) in [4.78, 5) is 7.92. The van der Waals surface area contributed by atoms with Gasteiger partial charge in [-0.2, -0.15) is 0 Å². The van der Waals surface area contributed by atoms with Crippen LogP contribution in [0.3, 0.4) is 0 Å². The molecule has 4 aromatic rings. The monoisotopic (exact) mass is 351 g/mol. The van der Waals surface area contributed by atoms with Crippen LogP contribution < -0.4 is 10.1 Å². The number of anilines is 1. The van der Waals surface area contributed by atoms with Gasteiger partial charge in [0.2, 0.25) is 0 Å². The van der Waals surface area contributed by atoms with Crippen molar-refractivity contribution < 1.29 is 14.9 Å². The summed E-state index contributed by atoms with van der Waals surface area (Å²) in [6.45, 7) is 2.04. The Morgan fingerprint density at radius 3 is 2.77 bits per heavy atom. The summed E-state index contributed by atoms with van der Waals surface area (Å²) < 4.78 is 5.37. The van der Waals surface area contributed by atoms with Gasteiger partial charge in [-0.3, -0.25) is 0 Å². The van der Waals surface area contributed by atoms with E-state index in [1.54, 1.807) is 13.3 Å². The van der Waals surface area contributed by atoms with Crippen molar-refractivity contribution in [1.82, 2.24) is 9.97 Å². The van der Waals surface area contributed by atoms with Crippen LogP contribution in [-0.2, 0) is 0 Å². The van der Waals surface area contributed by atoms with Crippen LogP contribution in [0, 0.1) is 6.92 Å². The molecule has 0 aliphatic carbocycles. The molecule has 0 aliphatic heterocycles. The van der Waals surface area contributed by atoms with Gasteiger partial charge in [0.05, 0.1) is 25.3 Å². The highest BCUT2D eigenvalue weighted by atomic mass is 16.5. The van der Waals surface area contributed by atoms with Crippen molar-refractivity contribution >= 4 is 38.4 Å². The smallest absolute Gasteiger partial charge is 0.133 e. The minimum Gasteiger partial charge on any atom is -0.497 e. The second-order valence-corrected chi connectivity index (χ2v) is 6.43. The maximum absolute atomic E-state index is 9.62. The highest BCUT2D eigenvalue weighted by molar-refractivity contribution is 6.15. The van der Waals surface area contributed by atoms with Crippen molar-refractivity contribution in [1.29, 1.82) is 0 Å². The number of aryl methyl sites for hydroxylation is 1. The number of fused-ring (bicyclic) bond motifs is 4. The molecule has 0 saturated heterocycles. The van der Waals surface area contributed by atoms with Gasteiger partial charge in [0.15, 0.2) is 0 Å². The normalized spacial score (nSPS) is 12.8. The lowest BCUT2D eigenvalue weighted by atomic mass is 10.0. The summed E-state index contributed by atoms with van der Waals surface area (Å²) in [5.41, 5.74) is 3.28. The Bertz CT molecular complexity index is 1100. The molecule has 0 aliphatic rings. The highest BCUT2D eigenvalue weighted by Crippen LogP contribution is 2.36.